The third-order valence-corrected chi connectivity index (χ3v) is 3.32. The molecule has 0 unspecified atom stereocenters. The van der Waals surface area contributed by atoms with Crippen molar-refractivity contribution in [1.82, 2.24) is 4.90 Å². The van der Waals surface area contributed by atoms with Crippen LogP contribution in [0.25, 0.3) is 0 Å². The Balaban J connectivity index is 3.84. The van der Waals surface area contributed by atoms with Crippen LogP contribution in [-0.2, 0) is 4.79 Å². The highest BCUT2D eigenvalue weighted by atomic mass is 16.4. The third kappa shape index (κ3) is 9.64. The summed E-state index contributed by atoms with van der Waals surface area (Å²) in [5, 5.41) is 11.5. The Kier molecular flexibility index (Phi) is 12.0. The minimum absolute atomic E-state index is 0.0892. The maximum atomic E-state index is 12.1. The summed E-state index contributed by atoms with van der Waals surface area (Å²) in [5.74, 6) is 0.193. The first-order valence-corrected chi connectivity index (χ1v) is 7.89. The largest absolute Gasteiger partial charge is 0.409 e. The molecule has 5 nitrogen and oxygen atoms in total. The van der Waals surface area contributed by atoms with E-state index in [0.717, 1.165) is 19.3 Å². The zero-order chi connectivity index (χ0) is 15.2. The van der Waals surface area contributed by atoms with Crippen molar-refractivity contribution in [3.05, 3.63) is 0 Å². The van der Waals surface area contributed by atoms with Gasteiger partial charge in [-0.15, -0.1) is 0 Å². The highest BCUT2D eigenvalue weighted by molar-refractivity contribution is 5.86. The highest BCUT2D eigenvalue weighted by Gasteiger charge is 2.13. The van der Waals surface area contributed by atoms with Crippen LogP contribution >= 0.6 is 0 Å². The van der Waals surface area contributed by atoms with Crippen molar-refractivity contribution in [2.45, 2.75) is 71.6 Å². The number of unbranched alkanes of at least 4 members (excludes halogenated alkanes) is 6. The summed E-state index contributed by atoms with van der Waals surface area (Å²) in [4.78, 5) is 13.7. The molecule has 0 aromatic carbocycles. The quantitative estimate of drug-likeness (QED) is 0.190. The smallest absolute Gasteiger partial charge is 0.222 e. The van der Waals surface area contributed by atoms with E-state index in [1.54, 1.807) is 4.90 Å². The number of hydrogen-bond donors (Lipinski definition) is 2. The molecular weight excluding hydrogens is 254 g/mol. The van der Waals surface area contributed by atoms with Crippen LogP contribution in [-0.4, -0.2) is 34.9 Å². The van der Waals surface area contributed by atoms with Crippen LogP contribution in [0, 0.1) is 0 Å². The van der Waals surface area contributed by atoms with Crippen molar-refractivity contribution in [3.8, 4) is 0 Å². The van der Waals surface area contributed by atoms with Gasteiger partial charge in [0, 0.05) is 13.0 Å². The molecule has 0 aliphatic carbocycles. The molecule has 0 radical (unpaired) electrons. The van der Waals surface area contributed by atoms with Crippen LogP contribution in [0.5, 0.6) is 0 Å². The minimum Gasteiger partial charge on any atom is -0.409 e. The number of rotatable bonds is 12. The zero-order valence-electron chi connectivity index (χ0n) is 13.1. The fourth-order valence-corrected chi connectivity index (χ4v) is 2.18. The molecule has 0 spiro atoms. The van der Waals surface area contributed by atoms with E-state index in [1.165, 1.54) is 32.1 Å². The second-order valence-electron chi connectivity index (χ2n) is 5.28. The summed E-state index contributed by atoms with van der Waals surface area (Å²) >= 11 is 0. The molecule has 3 N–H and O–H groups in total. The molecule has 118 valence electrons. The van der Waals surface area contributed by atoms with Crippen LogP contribution in [0.15, 0.2) is 5.16 Å². The number of nitrogens with zero attached hydrogens (tertiary/aromatic N) is 2. The fraction of sp³-hybridized carbons (Fsp3) is 0.867. The highest BCUT2D eigenvalue weighted by Crippen LogP contribution is 2.09. The predicted molar refractivity (Wildman–Crippen MR) is 82.9 cm³/mol. The van der Waals surface area contributed by atoms with Crippen LogP contribution in [0.2, 0.25) is 0 Å². The van der Waals surface area contributed by atoms with Gasteiger partial charge in [-0.25, -0.2) is 0 Å². The second-order valence-corrected chi connectivity index (χ2v) is 5.28. The lowest BCUT2D eigenvalue weighted by Gasteiger charge is -2.21. The van der Waals surface area contributed by atoms with Crippen LogP contribution in [0.3, 0.4) is 0 Å². The fourth-order valence-electron chi connectivity index (χ4n) is 2.18. The first-order valence-electron chi connectivity index (χ1n) is 7.89. The molecule has 5 heteroatoms. The van der Waals surface area contributed by atoms with Gasteiger partial charge in [0.05, 0.1) is 6.54 Å². The third-order valence-electron chi connectivity index (χ3n) is 3.32. The molecule has 0 heterocycles. The van der Waals surface area contributed by atoms with Crippen molar-refractivity contribution in [1.29, 1.82) is 0 Å². The summed E-state index contributed by atoms with van der Waals surface area (Å²) < 4.78 is 0. The number of amides is 1. The molecule has 0 aliphatic heterocycles. The summed E-state index contributed by atoms with van der Waals surface area (Å²) in [6.45, 7) is 5.11. The second kappa shape index (κ2) is 12.8. The van der Waals surface area contributed by atoms with E-state index in [0.29, 0.717) is 13.0 Å². The summed E-state index contributed by atoms with van der Waals surface area (Å²) in [6.07, 6.45) is 9.83. The normalized spacial score (nSPS) is 11.6. The van der Waals surface area contributed by atoms with Gasteiger partial charge in [0.25, 0.3) is 0 Å². The number of amidine groups is 1. The molecular formula is C15H31N3O2. The van der Waals surface area contributed by atoms with Crippen molar-refractivity contribution < 1.29 is 10.0 Å². The molecule has 0 saturated heterocycles. The monoisotopic (exact) mass is 285 g/mol. The van der Waals surface area contributed by atoms with Crippen molar-refractivity contribution in [2.75, 3.05) is 13.1 Å². The molecule has 0 rings (SSSR count). The van der Waals surface area contributed by atoms with Gasteiger partial charge in [0.15, 0.2) is 5.84 Å². The summed E-state index contributed by atoms with van der Waals surface area (Å²) in [7, 11) is 0. The number of hydrogen-bond acceptors (Lipinski definition) is 3. The van der Waals surface area contributed by atoms with Gasteiger partial charge in [-0.3, -0.25) is 4.79 Å². The van der Waals surface area contributed by atoms with E-state index in [2.05, 4.69) is 12.1 Å². The molecule has 0 atom stereocenters. The van der Waals surface area contributed by atoms with Crippen LogP contribution < -0.4 is 5.73 Å². The Morgan fingerprint density at radius 3 is 2.20 bits per heavy atom. The van der Waals surface area contributed by atoms with Crippen molar-refractivity contribution in [3.63, 3.8) is 0 Å². The van der Waals surface area contributed by atoms with Crippen molar-refractivity contribution in [2.24, 2.45) is 10.9 Å². The Bertz CT molecular complexity index is 280. The van der Waals surface area contributed by atoms with Gasteiger partial charge < -0.3 is 15.8 Å². The molecule has 0 aromatic rings. The number of carbonyl (C=O) groups excluding carboxylic acids is 1. The van der Waals surface area contributed by atoms with Crippen LogP contribution in [0.1, 0.15) is 71.6 Å². The lowest BCUT2D eigenvalue weighted by molar-refractivity contribution is -0.130. The lowest BCUT2D eigenvalue weighted by Crippen LogP contribution is -2.39. The SMILES string of the molecule is CCCCCCCCCC(=O)N(CCC)CC(N)=NO. The van der Waals surface area contributed by atoms with Gasteiger partial charge in [0.1, 0.15) is 0 Å². The van der Waals surface area contributed by atoms with Crippen LogP contribution in [0.4, 0.5) is 0 Å². The van der Waals surface area contributed by atoms with E-state index in [4.69, 9.17) is 10.9 Å². The van der Waals surface area contributed by atoms with Gasteiger partial charge in [-0.2, -0.15) is 0 Å². The number of nitrogens with two attached hydrogens (primary N) is 1. The topological polar surface area (TPSA) is 78.9 Å². The number of oxime groups is 1. The Labute approximate surface area is 123 Å². The van der Waals surface area contributed by atoms with E-state index in [9.17, 15) is 4.79 Å². The Morgan fingerprint density at radius 1 is 1.05 bits per heavy atom. The first kappa shape index (κ1) is 18.7. The molecule has 0 bridgehead atoms. The molecule has 0 aromatic heterocycles. The first-order chi connectivity index (χ1) is 9.65. The molecule has 0 aliphatic rings. The lowest BCUT2D eigenvalue weighted by atomic mass is 10.1. The molecule has 0 saturated carbocycles. The molecule has 1 amide bonds. The predicted octanol–water partition coefficient (Wildman–Crippen LogP) is 3.11. The standard InChI is InChI=1S/C15H31N3O2/c1-3-5-6-7-8-9-10-11-15(19)18(12-4-2)13-14(16)17-20/h20H,3-13H2,1-2H3,(H2,16,17). The van der Waals surface area contributed by atoms with Crippen molar-refractivity contribution >= 4 is 11.7 Å². The maximum Gasteiger partial charge on any atom is 0.222 e. The zero-order valence-corrected chi connectivity index (χ0v) is 13.1. The number of carbonyl (C=O) groups is 1. The molecule has 20 heavy (non-hydrogen) atoms. The Morgan fingerprint density at radius 2 is 1.65 bits per heavy atom. The average Bonchev–Trinajstić information content (AvgIpc) is 2.45. The summed E-state index contributed by atoms with van der Waals surface area (Å²) in [6, 6.07) is 0. The average molecular weight is 285 g/mol. The van der Waals surface area contributed by atoms with E-state index in [1.807, 2.05) is 6.92 Å². The maximum absolute atomic E-state index is 12.1. The van der Waals surface area contributed by atoms with Gasteiger partial charge in [-0.05, 0) is 12.8 Å². The van der Waals surface area contributed by atoms with Gasteiger partial charge >= 0.3 is 0 Å². The minimum atomic E-state index is 0.0892. The van der Waals surface area contributed by atoms with E-state index < -0.39 is 0 Å². The summed E-state index contributed by atoms with van der Waals surface area (Å²) in [5.41, 5.74) is 5.47. The molecule has 0 fully saturated rings. The van der Waals surface area contributed by atoms with E-state index >= 15 is 0 Å². The van der Waals surface area contributed by atoms with Gasteiger partial charge in [-0.1, -0.05) is 57.5 Å². The van der Waals surface area contributed by atoms with E-state index in [-0.39, 0.29) is 18.3 Å². The van der Waals surface area contributed by atoms with Gasteiger partial charge in [0.2, 0.25) is 5.91 Å². The Hall–Kier alpha value is -1.26.